The van der Waals surface area contributed by atoms with E-state index in [1.54, 1.807) is 4.90 Å². The summed E-state index contributed by atoms with van der Waals surface area (Å²) in [5.41, 5.74) is 7.64. The van der Waals surface area contributed by atoms with Crippen molar-refractivity contribution in [3.8, 4) is 0 Å². The molecule has 0 radical (unpaired) electrons. The van der Waals surface area contributed by atoms with Gasteiger partial charge in [-0.2, -0.15) is 0 Å². The number of benzene rings is 1. The lowest BCUT2D eigenvalue weighted by molar-refractivity contribution is -0.135. The molecule has 1 atom stereocenters. The molecule has 0 aromatic heterocycles. The summed E-state index contributed by atoms with van der Waals surface area (Å²) in [4.78, 5) is 14.0. The van der Waals surface area contributed by atoms with Crippen LogP contribution in [0.4, 0.5) is 0 Å². The zero-order chi connectivity index (χ0) is 14.5. The average molecular weight is 277 g/mol. The highest BCUT2D eigenvalue weighted by Crippen LogP contribution is 2.10. The molecule has 1 saturated heterocycles. The van der Waals surface area contributed by atoms with Gasteiger partial charge in [-0.05, 0) is 12.5 Å². The maximum Gasteiger partial charge on any atom is 0.227 e. The van der Waals surface area contributed by atoms with Gasteiger partial charge in [0.2, 0.25) is 5.91 Å². The Morgan fingerprint density at radius 3 is 3.10 bits per heavy atom. The molecule has 6 nitrogen and oxygen atoms in total. The van der Waals surface area contributed by atoms with Crippen LogP contribution in [-0.4, -0.2) is 47.7 Å². The second-order valence-corrected chi connectivity index (χ2v) is 4.89. The maximum absolute atomic E-state index is 12.3. The van der Waals surface area contributed by atoms with Crippen LogP contribution in [-0.2, 0) is 16.0 Å². The van der Waals surface area contributed by atoms with E-state index in [2.05, 4.69) is 5.16 Å². The second-order valence-electron chi connectivity index (χ2n) is 4.89. The Hall–Kier alpha value is -2.08. The number of amidine groups is 1. The summed E-state index contributed by atoms with van der Waals surface area (Å²) in [7, 11) is 0. The number of oxime groups is 1. The molecule has 0 spiro atoms. The predicted octanol–water partition coefficient (Wildman–Crippen LogP) is 0.511. The van der Waals surface area contributed by atoms with E-state index < -0.39 is 6.10 Å². The van der Waals surface area contributed by atoms with Crippen molar-refractivity contribution < 1.29 is 14.7 Å². The van der Waals surface area contributed by atoms with Crippen molar-refractivity contribution in [2.24, 2.45) is 10.9 Å². The lowest BCUT2D eigenvalue weighted by atomic mass is 10.1. The molecule has 1 aliphatic heterocycles. The van der Waals surface area contributed by atoms with E-state index in [0.29, 0.717) is 26.1 Å². The molecule has 20 heavy (non-hydrogen) atoms. The minimum atomic E-state index is -0.532. The number of aryl methyl sites for hydroxylation is 1. The SMILES string of the molecule is Cc1cccc(CC(=O)N2CCOC(C(N)=NO)C2)c1. The minimum absolute atomic E-state index is 0.00180. The van der Waals surface area contributed by atoms with Crippen molar-refractivity contribution in [3.63, 3.8) is 0 Å². The number of ether oxygens (including phenoxy) is 1. The minimum Gasteiger partial charge on any atom is -0.409 e. The van der Waals surface area contributed by atoms with Crippen LogP contribution >= 0.6 is 0 Å². The van der Waals surface area contributed by atoms with Crippen LogP contribution in [0.3, 0.4) is 0 Å². The van der Waals surface area contributed by atoms with Gasteiger partial charge >= 0.3 is 0 Å². The van der Waals surface area contributed by atoms with Gasteiger partial charge in [0.25, 0.3) is 0 Å². The number of carbonyl (C=O) groups excluding carboxylic acids is 1. The molecular weight excluding hydrogens is 258 g/mol. The van der Waals surface area contributed by atoms with E-state index in [1.807, 2.05) is 31.2 Å². The van der Waals surface area contributed by atoms with Gasteiger partial charge < -0.3 is 20.6 Å². The molecule has 1 heterocycles. The largest absolute Gasteiger partial charge is 0.409 e. The van der Waals surface area contributed by atoms with Crippen LogP contribution in [0.15, 0.2) is 29.4 Å². The number of amides is 1. The molecule has 0 bridgehead atoms. The average Bonchev–Trinajstić information content (AvgIpc) is 2.46. The third kappa shape index (κ3) is 3.48. The Morgan fingerprint density at radius 2 is 2.40 bits per heavy atom. The van der Waals surface area contributed by atoms with Gasteiger partial charge in [0.1, 0.15) is 6.10 Å². The number of morpholine rings is 1. The third-order valence-electron chi connectivity index (χ3n) is 3.30. The smallest absolute Gasteiger partial charge is 0.227 e. The Balaban J connectivity index is 1.98. The number of hydrogen-bond acceptors (Lipinski definition) is 4. The first kappa shape index (κ1) is 14.3. The van der Waals surface area contributed by atoms with Gasteiger partial charge in [-0.25, -0.2) is 0 Å². The molecule has 0 saturated carbocycles. The van der Waals surface area contributed by atoms with Gasteiger partial charge in [0.05, 0.1) is 19.6 Å². The van der Waals surface area contributed by atoms with Crippen molar-refractivity contribution in [1.82, 2.24) is 4.90 Å². The molecule has 1 aromatic carbocycles. The van der Waals surface area contributed by atoms with Crippen LogP contribution in [0, 0.1) is 6.92 Å². The molecule has 108 valence electrons. The van der Waals surface area contributed by atoms with E-state index >= 15 is 0 Å². The first-order chi connectivity index (χ1) is 9.60. The van der Waals surface area contributed by atoms with E-state index in [0.717, 1.165) is 11.1 Å². The quantitative estimate of drug-likeness (QED) is 0.365. The number of rotatable bonds is 3. The van der Waals surface area contributed by atoms with Gasteiger partial charge in [-0.15, -0.1) is 0 Å². The van der Waals surface area contributed by atoms with Crippen molar-refractivity contribution in [3.05, 3.63) is 35.4 Å². The summed E-state index contributed by atoms with van der Waals surface area (Å²) in [5.74, 6) is 0.0210. The standard InChI is InChI=1S/C14H19N3O3/c1-10-3-2-4-11(7-10)8-13(18)17-5-6-20-12(9-17)14(15)16-19/h2-4,7,12,19H,5-6,8-9H2,1H3,(H2,15,16). The van der Waals surface area contributed by atoms with Crippen LogP contribution in [0.5, 0.6) is 0 Å². The number of nitrogens with two attached hydrogens (primary N) is 1. The molecule has 1 aliphatic rings. The summed E-state index contributed by atoms with van der Waals surface area (Å²) in [6, 6.07) is 7.87. The molecule has 3 N–H and O–H groups in total. The monoisotopic (exact) mass is 277 g/mol. The first-order valence-electron chi connectivity index (χ1n) is 6.52. The van der Waals surface area contributed by atoms with Crippen LogP contribution in [0.25, 0.3) is 0 Å². The second kappa shape index (κ2) is 6.38. The summed E-state index contributed by atoms with van der Waals surface area (Å²) in [5, 5.41) is 11.6. The lowest BCUT2D eigenvalue weighted by Gasteiger charge is -2.32. The van der Waals surface area contributed by atoms with Crippen molar-refractivity contribution in [2.45, 2.75) is 19.4 Å². The molecule has 2 rings (SSSR count). The fourth-order valence-electron chi connectivity index (χ4n) is 2.23. The van der Waals surface area contributed by atoms with Gasteiger partial charge in [-0.1, -0.05) is 35.0 Å². The Kier molecular flexibility index (Phi) is 4.57. The Labute approximate surface area is 117 Å². The summed E-state index contributed by atoms with van der Waals surface area (Å²) >= 11 is 0. The molecule has 1 aromatic rings. The summed E-state index contributed by atoms with van der Waals surface area (Å²) < 4.78 is 5.37. The molecule has 6 heteroatoms. The number of nitrogens with zero attached hydrogens (tertiary/aromatic N) is 2. The molecule has 1 fully saturated rings. The number of carbonyl (C=O) groups is 1. The lowest BCUT2D eigenvalue weighted by Crippen LogP contribution is -2.50. The Bertz CT molecular complexity index is 516. The van der Waals surface area contributed by atoms with Crippen molar-refractivity contribution in [2.75, 3.05) is 19.7 Å². The first-order valence-corrected chi connectivity index (χ1v) is 6.52. The highest BCUT2D eigenvalue weighted by atomic mass is 16.5. The maximum atomic E-state index is 12.3. The van der Waals surface area contributed by atoms with E-state index in [9.17, 15) is 4.79 Å². The normalized spacial score (nSPS) is 19.9. The van der Waals surface area contributed by atoms with E-state index in [4.69, 9.17) is 15.7 Å². The van der Waals surface area contributed by atoms with Crippen LogP contribution < -0.4 is 5.73 Å². The molecule has 0 aliphatic carbocycles. The van der Waals surface area contributed by atoms with Gasteiger partial charge in [-0.3, -0.25) is 4.79 Å². The molecule has 1 amide bonds. The molecule has 1 unspecified atom stereocenters. The zero-order valence-corrected chi connectivity index (χ0v) is 11.5. The molecular formula is C14H19N3O3. The highest BCUT2D eigenvalue weighted by molar-refractivity contribution is 5.86. The van der Waals surface area contributed by atoms with E-state index in [-0.39, 0.29) is 11.7 Å². The van der Waals surface area contributed by atoms with Crippen LogP contribution in [0.1, 0.15) is 11.1 Å². The third-order valence-corrected chi connectivity index (χ3v) is 3.30. The topological polar surface area (TPSA) is 88.2 Å². The zero-order valence-electron chi connectivity index (χ0n) is 11.5. The highest BCUT2D eigenvalue weighted by Gasteiger charge is 2.26. The van der Waals surface area contributed by atoms with Crippen LogP contribution in [0.2, 0.25) is 0 Å². The Morgan fingerprint density at radius 1 is 1.60 bits per heavy atom. The predicted molar refractivity (Wildman–Crippen MR) is 74.6 cm³/mol. The summed E-state index contributed by atoms with van der Waals surface area (Å²) in [6.07, 6.45) is -0.180. The van der Waals surface area contributed by atoms with E-state index in [1.165, 1.54) is 0 Å². The van der Waals surface area contributed by atoms with Crippen molar-refractivity contribution in [1.29, 1.82) is 0 Å². The van der Waals surface area contributed by atoms with Crippen molar-refractivity contribution >= 4 is 11.7 Å². The fraction of sp³-hybridized carbons (Fsp3) is 0.429. The fourth-order valence-corrected chi connectivity index (χ4v) is 2.23. The van der Waals surface area contributed by atoms with Gasteiger partial charge in [0.15, 0.2) is 5.84 Å². The van der Waals surface area contributed by atoms with Gasteiger partial charge in [0, 0.05) is 6.54 Å². The summed E-state index contributed by atoms with van der Waals surface area (Å²) in [6.45, 7) is 3.23. The number of hydrogen-bond donors (Lipinski definition) is 2.